The number of hydrogen-bond donors (Lipinski definition) is 2. The van der Waals surface area contributed by atoms with Gasteiger partial charge in [-0.15, -0.1) is 11.3 Å². The van der Waals surface area contributed by atoms with Crippen LogP contribution in [0.15, 0.2) is 41.8 Å². The van der Waals surface area contributed by atoms with E-state index in [-0.39, 0.29) is 24.3 Å². The van der Waals surface area contributed by atoms with Gasteiger partial charge in [0.2, 0.25) is 5.91 Å². The molecule has 0 unspecified atom stereocenters. The van der Waals surface area contributed by atoms with Crippen molar-refractivity contribution in [1.29, 1.82) is 0 Å². The molecule has 132 valence electrons. The van der Waals surface area contributed by atoms with Crippen LogP contribution in [0.25, 0.3) is 0 Å². The Kier molecular flexibility index (Phi) is 5.50. The van der Waals surface area contributed by atoms with Gasteiger partial charge in [-0.25, -0.2) is 0 Å². The summed E-state index contributed by atoms with van der Waals surface area (Å²) in [4.78, 5) is 27.2. The molecule has 0 spiro atoms. The van der Waals surface area contributed by atoms with E-state index in [9.17, 15) is 14.7 Å². The van der Waals surface area contributed by atoms with Crippen molar-refractivity contribution in [2.75, 3.05) is 19.6 Å². The first-order valence-corrected chi connectivity index (χ1v) is 9.27. The van der Waals surface area contributed by atoms with E-state index in [2.05, 4.69) is 18.3 Å². The minimum absolute atomic E-state index is 0.0524. The first kappa shape index (κ1) is 17.6. The average Bonchev–Trinajstić information content (AvgIpc) is 3.05. The second-order valence-electron chi connectivity index (χ2n) is 6.32. The number of hydrogen-bond acceptors (Lipinski definition) is 4. The summed E-state index contributed by atoms with van der Waals surface area (Å²) in [5, 5.41) is 15.2. The van der Waals surface area contributed by atoms with Gasteiger partial charge in [0, 0.05) is 29.4 Å². The number of carbonyl (C=O) groups is 2. The molecule has 0 aliphatic carbocycles. The Hall–Kier alpha value is -2.18. The Balaban J connectivity index is 1.53. The number of benzene rings is 1. The second kappa shape index (κ2) is 7.80. The minimum Gasteiger partial charge on any atom is -0.391 e. The molecule has 2 heterocycles. The van der Waals surface area contributed by atoms with Crippen LogP contribution in [0.4, 0.5) is 0 Å². The molecule has 1 aliphatic heterocycles. The van der Waals surface area contributed by atoms with Gasteiger partial charge in [0.15, 0.2) is 0 Å². The van der Waals surface area contributed by atoms with Crippen LogP contribution in [0.1, 0.15) is 33.1 Å². The minimum atomic E-state index is -0.570. The predicted molar refractivity (Wildman–Crippen MR) is 97.8 cm³/mol. The molecule has 0 saturated carbocycles. The van der Waals surface area contributed by atoms with Gasteiger partial charge >= 0.3 is 0 Å². The van der Waals surface area contributed by atoms with Crippen molar-refractivity contribution < 1.29 is 14.7 Å². The van der Waals surface area contributed by atoms with Crippen molar-refractivity contribution in [3.05, 3.63) is 57.8 Å². The SMILES string of the molecule is Cc1ccsc1[C@@H]1CCN(C(=O)CNC(=O)c2ccccc2)C[C@H]1O. The number of aliphatic hydroxyl groups excluding tert-OH is 1. The highest BCUT2D eigenvalue weighted by molar-refractivity contribution is 7.10. The Morgan fingerprint density at radius 1 is 1.28 bits per heavy atom. The third-order valence-electron chi connectivity index (χ3n) is 4.61. The monoisotopic (exact) mass is 358 g/mol. The van der Waals surface area contributed by atoms with Gasteiger partial charge in [0.05, 0.1) is 12.6 Å². The summed E-state index contributed by atoms with van der Waals surface area (Å²) in [6.45, 7) is 2.90. The van der Waals surface area contributed by atoms with Crippen molar-refractivity contribution >= 4 is 23.2 Å². The van der Waals surface area contributed by atoms with Crippen molar-refractivity contribution in [2.45, 2.75) is 25.4 Å². The molecule has 2 amide bonds. The van der Waals surface area contributed by atoms with Crippen molar-refractivity contribution in [3.8, 4) is 0 Å². The summed E-state index contributed by atoms with van der Waals surface area (Å²) in [5.74, 6) is -0.341. The molecular formula is C19H22N2O3S. The standard InChI is InChI=1S/C19H22N2O3S/c1-13-8-10-25-18(13)15-7-9-21(12-16(15)22)17(23)11-20-19(24)14-5-3-2-4-6-14/h2-6,8,10,15-16,22H,7,9,11-12H2,1H3,(H,20,24)/t15-,16-/m1/s1. The van der Waals surface area contributed by atoms with E-state index in [4.69, 9.17) is 0 Å². The number of aryl methyl sites for hydroxylation is 1. The van der Waals surface area contributed by atoms with Gasteiger partial charge in [0.1, 0.15) is 0 Å². The number of β-amino-alcohol motifs (C(OH)–C–C–N with tert-alkyl or cyclic N) is 1. The normalized spacial score (nSPS) is 20.3. The lowest BCUT2D eigenvalue weighted by Crippen LogP contribution is -2.48. The van der Waals surface area contributed by atoms with Crippen molar-refractivity contribution in [3.63, 3.8) is 0 Å². The zero-order valence-electron chi connectivity index (χ0n) is 14.1. The summed E-state index contributed by atoms with van der Waals surface area (Å²) in [6.07, 6.45) is 0.167. The fourth-order valence-electron chi connectivity index (χ4n) is 3.19. The molecule has 1 aromatic heterocycles. The van der Waals surface area contributed by atoms with Gasteiger partial charge in [-0.2, -0.15) is 0 Å². The van der Waals surface area contributed by atoms with Crippen molar-refractivity contribution in [2.24, 2.45) is 0 Å². The zero-order valence-corrected chi connectivity index (χ0v) is 15.0. The molecule has 0 bridgehead atoms. The molecule has 25 heavy (non-hydrogen) atoms. The summed E-state index contributed by atoms with van der Waals surface area (Å²) < 4.78 is 0. The van der Waals surface area contributed by atoms with Gasteiger partial charge in [-0.05, 0) is 42.5 Å². The van der Waals surface area contributed by atoms with Gasteiger partial charge < -0.3 is 15.3 Å². The van der Waals surface area contributed by atoms with E-state index in [1.54, 1.807) is 40.5 Å². The lowest BCUT2D eigenvalue weighted by Gasteiger charge is -2.36. The molecule has 1 fully saturated rings. The molecule has 0 radical (unpaired) electrons. The van der Waals surface area contributed by atoms with Gasteiger partial charge in [-0.1, -0.05) is 18.2 Å². The van der Waals surface area contributed by atoms with E-state index in [1.807, 2.05) is 11.4 Å². The number of nitrogens with zero attached hydrogens (tertiary/aromatic N) is 1. The molecule has 6 heteroatoms. The first-order valence-electron chi connectivity index (χ1n) is 8.39. The fraction of sp³-hybridized carbons (Fsp3) is 0.368. The summed E-state index contributed by atoms with van der Waals surface area (Å²) in [7, 11) is 0. The lowest BCUT2D eigenvalue weighted by molar-refractivity contribution is -0.133. The molecule has 2 atom stereocenters. The second-order valence-corrected chi connectivity index (χ2v) is 7.27. The van der Waals surface area contributed by atoms with Crippen molar-refractivity contribution in [1.82, 2.24) is 10.2 Å². The number of thiophene rings is 1. The topological polar surface area (TPSA) is 69.6 Å². The predicted octanol–water partition coefficient (Wildman–Crippen LogP) is 2.16. The molecule has 3 rings (SSSR count). The maximum absolute atomic E-state index is 12.3. The van der Waals surface area contributed by atoms with Gasteiger partial charge in [0.25, 0.3) is 5.91 Å². The van der Waals surface area contributed by atoms with E-state index in [0.29, 0.717) is 18.7 Å². The number of carbonyl (C=O) groups excluding carboxylic acids is 2. The molecular weight excluding hydrogens is 336 g/mol. The van der Waals surface area contributed by atoms with Crippen LogP contribution in [0.2, 0.25) is 0 Å². The number of piperidine rings is 1. The summed E-state index contributed by atoms with van der Waals surface area (Å²) in [6, 6.07) is 10.9. The van der Waals surface area contributed by atoms with Crippen LogP contribution in [0.3, 0.4) is 0 Å². The number of likely N-dealkylation sites (tertiary alicyclic amines) is 1. The Morgan fingerprint density at radius 2 is 2.04 bits per heavy atom. The van der Waals surface area contributed by atoms with E-state index in [1.165, 1.54) is 10.4 Å². The van der Waals surface area contributed by atoms with Crippen LogP contribution in [0.5, 0.6) is 0 Å². The summed E-state index contributed by atoms with van der Waals surface area (Å²) >= 11 is 1.66. The Labute approximate surface area is 151 Å². The third kappa shape index (κ3) is 4.08. The third-order valence-corrected chi connectivity index (χ3v) is 5.76. The molecule has 1 aromatic carbocycles. The van der Waals surface area contributed by atoms with Gasteiger partial charge in [-0.3, -0.25) is 9.59 Å². The number of rotatable bonds is 4. The number of aliphatic hydroxyl groups is 1. The molecule has 2 N–H and O–H groups in total. The van der Waals surface area contributed by atoms with Crippen LogP contribution < -0.4 is 5.32 Å². The number of amides is 2. The maximum atomic E-state index is 12.3. The summed E-state index contributed by atoms with van der Waals surface area (Å²) in [5.41, 5.74) is 1.73. The molecule has 1 aliphatic rings. The van der Waals surface area contributed by atoms with Crippen LogP contribution >= 0.6 is 11.3 Å². The van der Waals surface area contributed by atoms with Crippen LogP contribution in [-0.4, -0.2) is 47.6 Å². The van der Waals surface area contributed by atoms with Crippen LogP contribution in [0, 0.1) is 6.92 Å². The largest absolute Gasteiger partial charge is 0.391 e. The highest BCUT2D eigenvalue weighted by atomic mass is 32.1. The zero-order chi connectivity index (χ0) is 17.8. The molecule has 2 aromatic rings. The Morgan fingerprint density at radius 3 is 2.68 bits per heavy atom. The molecule has 5 nitrogen and oxygen atoms in total. The van der Waals surface area contributed by atoms with E-state index < -0.39 is 6.10 Å². The lowest BCUT2D eigenvalue weighted by atomic mass is 9.90. The van der Waals surface area contributed by atoms with E-state index >= 15 is 0 Å². The van der Waals surface area contributed by atoms with Crippen LogP contribution in [-0.2, 0) is 4.79 Å². The van der Waals surface area contributed by atoms with E-state index in [0.717, 1.165) is 6.42 Å². The quantitative estimate of drug-likeness (QED) is 0.880. The highest BCUT2D eigenvalue weighted by Gasteiger charge is 2.32. The highest BCUT2D eigenvalue weighted by Crippen LogP contribution is 2.34. The molecule has 1 saturated heterocycles. The maximum Gasteiger partial charge on any atom is 0.251 e. The first-order chi connectivity index (χ1) is 12.1. The Bertz CT molecular complexity index is 744. The smallest absolute Gasteiger partial charge is 0.251 e. The number of nitrogens with one attached hydrogen (secondary N) is 1. The fourth-order valence-corrected chi connectivity index (χ4v) is 4.31. The average molecular weight is 358 g/mol.